The third-order valence-electron chi connectivity index (χ3n) is 5.14. The van der Waals surface area contributed by atoms with E-state index >= 15 is 0 Å². The van der Waals surface area contributed by atoms with Gasteiger partial charge in [0.1, 0.15) is 12.4 Å². The van der Waals surface area contributed by atoms with Crippen molar-refractivity contribution in [2.45, 2.75) is 32.9 Å². The van der Waals surface area contributed by atoms with E-state index in [-0.39, 0.29) is 49.3 Å². The summed E-state index contributed by atoms with van der Waals surface area (Å²) in [6.45, 7) is 5.62. The van der Waals surface area contributed by atoms with Crippen molar-refractivity contribution in [3.05, 3.63) is 23.8 Å². The van der Waals surface area contributed by atoms with E-state index < -0.39 is 16.1 Å². The van der Waals surface area contributed by atoms with Crippen molar-refractivity contribution in [2.75, 3.05) is 45.4 Å². The maximum absolute atomic E-state index is 13.1. The summed E-state index contributed by atoms with van der Waals surface area (Å²) in [5, 5.41) is 2.66. The Hall–Kier alpha value is -2.17. The van der Waals surface area contributed by atoms with Crippen LogP contribution in [0.25, 0.3) is 0 Å². The number of nitrogens with zero attached hydrogens (tertiary/aromatic N) is 2. The van der Waals surface area contributed by atoms with Crippen molar-refractivity contribution in [3.8, 4) is 5.75 Å². The molecule has 10 heteroatoms. The molecular formula is C20H31N3O6S. The van der Waals surface area contributed by atoms with Gasteiger partial charge < -0.3 is 19.7 Å². The molecule has 2 rings (SSSR count). The van der Waals surface area contributed by atoms with Crippen LogP contribution < -0.4 is 10.1 Å². The molecule has 0 aromatic heterocycles. The average molecular weight is 442 g/mol. The quantitative estimate of drug-likeness (QED) is 0.760. The number of carbonyl (C=O) groups is 2. The number of hydrogen-bond acceptors (Lipinski definition) is 6. The highest BCUT2D eigenvalue weighted by atomic mass is 32.2. The number of nitrogens with one attached hydrogen (secondary N) is 1. The van der Waals surface area contributed by atoms with Gasteiger partial charge in [-0.1, -0.05) is 6.92 Å². The number of anilines is 1. The molecule has 1 aromatic carbocycles. The molecule has 9 nitrogen and oxygen atoms in total. The lowest BCUT2D eigenvalue weighted by Gasteiger charge is -2.34. The maximum Gasteiger partial charge on any atom is 0.257 e. The first-order valence-corrected chi connectivity index (χ1v) is 11.6. The predicted molar refractivity (Wildman–Crippen MR) is 114 cm³/mol. The van der Waals surface area contributed by atoms with Crippen LogP contribution in [-0.2, 0) is 19.6 Å². The standard InChI is InChI=1S/C20H31N3O6S/c1-13-10-23(30(6,26)27)14(2)12-29-18-9-16(21-15(3)24)7-8-17(18)20(25)22(4)11-19(13)28-5/h7-9,13-14,19H,10-12H2,1-6H3,(H,21,24)/t13-,14-,19-/m0/s1. The van der Waals surface area contributed by atoms with Crippen molar-refractivity contribution < 1.29 is 27.5 Å². The smallest absolute Gasteiger partial charge is 0.257 e. The largest absolute Gasteiger partial charge is 0.491 e. The molecule has 1 heterocycles. The fourth-order valence-electron chi connectivity index (χ4n) is 3.48. The highest BCUT2D eigenvalue weighted by Gasteiger charge is 2.31. The topological polar surface area (TPSA) is 105 Å². The molecular weight excluding hydrogens is 410 g/mol. The number of fused-ring (bicyclic) bond motifs is 1. The van der Waals surface area contributed by atoms with Crippen molar-refractivity contribution in [2.24, 2.45) is 5.92 Å². The maximum atomic E-state index is 13.1. The molecule has 0 radical (unpaired) electrons. The summed E-state index contributed by atoms with van der Waals surface area (Å²) in [5.74, 6) is -0.369. The Balaban J connectivity index is 2.50. The molecule has 3 atom stereocenters. The zero-order valence-corrected chi connectivity index (χ0v) is 19.2. The van der Waals surface area contributed by atoms with Gasteiger partial charge in [-0.2, -0.15) is 4.31 Å². The number of ether oxygens (including phenoxy) is 2. The Morgan fingerprint density at radius 2 is 1.93 bits per heavy atom. The molecule has 0 spiro atoms. The normalized spacial score (nSPS) is 24.3. The number of likely N-dealkylation sites (N-methyl/N-ethyl adjacent to an activating group) is 1. The lowest BCUT2D eigenvalue weighted by atomic mass is 10.0. The van der Waals surface area contributed by atoms with E-state index in [1.165, 1.54) is 22.4 Å². The molecule has 1 aromatic rings. The van der Waals surface area contributed by atoms with Crippen LogP contribution >= 0.6 is 0 Å². The second-order valence-corrected chi connectivity index (χ2v) is 9.76. The van der Waals surface area contributed by atoms with Crippen LogP contribution in [0.1, 0.15) is 31.1 Å². The average Bonchev–Trinajstić information content (AvgIpc) is 2.65. The summed E-state index contributed by atoms with van der Waals surface area (Å²) in [6.07, 6.45) is 0.820. The van der Waals surface area contributed by atoms with Gasteiger partial charge in [-0.3, -0.25) is 9.59 Å². The summed E-state index contributed by atoms with van der Waals surface area (Å²) in [5.41, 5.74) is 0.813. The van der Waals surface area contributed by atoms with Gasteiger partial charge in [0.25, 0.3) is 5.91 Å². The first-order chi connectivity index (χ1) is 13.9. The van der Waals surface area contributed by atoms with Crippen LogP contribution in [0.2, 0.25) is 0 Å². The third kappa shape index (κ3) is 5.93. The minimum atomic E-state index is -3.49. The lowest BCUT2D eigenvalue weighted by molar-refractivity contribution is -0.114. The molecule has 30 heavy (non-hydrogen) atoms. The summed E-state index contributed by atoms with van der Waals surface area (Å²) < 4.78 is 37.7. The van der Waals surface area contributed by atoms with E-state index in [0.717, 1.165) is 0 Å². The zero-order valence-electron chi connectivity index (χ0n) is 18.3. The van der Waals surface area contributed by atoms with Crippen molar-refractivity contribution in [1.29, 1.82) is 0 Å². The molecule has 0 unspecified atom stereocenters. The minimum absolute atomic E-state index is 0.0466. The summed E-state index contributed by atoms with van der Waals surface area (Å²) in [4.78, 5) is 26.0. The molecule has 1 N–H and O–H groups in total. The minimum Gasteiger partial charge on any atom is -0.491 e. The SMILES string of the molecule is CO[C@H]1CN(C)C(=O)c2ccc(NC(C)=O)cc2OC[C@H](C)N(S(C)(=O)=O)C[C@@H]1C. The summed E-state index contributed by atoms with van der Waals surface area (Å²) >= 11 is 0. The number of rotatable bonds is 3. The molecule has 0 saturated heterocycles. The second kappa shape index (κ2) is 9.76. The Bertz CT molecular complexity index is 889. The van der Waals surface area contributed by atoms with Crippen LogP contribution in [0.5, 0.6) is 5.75 Å². The van der Waals surface area contributed by atoms with Crippen molar-refractivity contribution >= 4 is 27.5 Å². The van der Waals surface area contributed by atoms with Crippen LogP contribution in [0.3, 0.4) is 0 Å². The van der Waals surface area contributed by atoms with Crippen LogP contribution in [-0.4, -0.2) is 81.7 Å². The van der Waals surface area contributed by atoms with Gasteiger partial charge in [0.05, 0.1) is 24.0 Å². The van der Waals surface area contributed by atoms with Gasteiger partial charge in [0.2, 0.25) is 15.9 Å². The van der Waals surface area contributed by atoms with E-state index in [1.807, 2.05) is 6.92 Å². The van der Waals surface area contributed by atoms with Gasteiger partial charge in [0, 0.05) is 45.9 Å². The van der Waals surface area contributed by atoms with Gasteiger partial charge in [-0.25, -0.2) is 8.42 Å². The molecule has 1 aliphatic rings. The lowest BCUT2D eigenvalue weighted by Crippen LogP contribution is -2.48. The predicted octanol–water partition coefficient (Wildman–Crippen LogP) is 1.41. The Morgan fingerprint density at radius 3 is 2.50 bits per heavy atom. The highest BCUT2D eigenvalue weighted by molar-refractivity contribution is 7.88. The number of methoxy groups -OCH3 is 1. The van der Waals surface area contributed by atoms with E-state index in [9.17, 15) is 18.0 Å². The number of hydrogen-bond donors (Lipinski definition) is 1. The molecule has 1 aliphatic heterocycles. The van der Waals surface area contributed by atoms with Crippen LogP contribution in [0.4, 0.5) is 5.69 Å². The first kappa shape index (κ1) is 24.1. The summed E-state index contributed by atoms with van der Waals surface area (Å²) in [7, 11) is -0.280. The van der Waals surface area contributed by atoms with Crippen molar-refractivity contribution in [3.63, 3.8) is 0 Å². The fraction of sp³-hybridized carbons (Fsp3) is 0.600. The zero-order chi connectivity index (χ0) is 22.6. The molecule has 168 valence electrons. The molecule has 2 amide bonds. The van der Waals surface area contributed by atoms with Gasteiger partial charge in [-0.15, -0.1) is 0 Å². The molecule has 0 bridgehead atoms. The highest BCUT2D eigenvalue weighted by Crippen LogP contribution is 2.27. The molecule has 0 saturated carbocycles. The van der Waals surface area contributed by atoms with Crippen LogP contribution in [0.15, 0.2) is 18.2 Å². The van der Waals surface area contributed by atoms with Gasteiger partial charge in [-0.05, 0) is 25.0 Å². The number of sulfonamides is 1. The number of carbonyl (C=O) groups excluding carboxylic acids is 2. The van der Waals surface area contributed by atoms with Gasteiger partial charge >= 0.3 is 0 Å². The number of amides is 2. The number of benzene rings is 1. The summed E-state index contributed by atoms with van der Waals surface area (Å²) in [6, 6.07) is 4.33. The van der Waals surface area contributed by atoms with E-state index in [1.54, 1.807) is 39.3 Å². The van der Waals surface area contributed by atoms with E-state index in [4.69, 9.17) is 9.47 Å². The van der Waals surface area contributed by atoms with E-state index in [2.05, 4.69) is 5.32 Å². The molecule has 0 fully saturated rings. The van der Waals surface area contributed by atoms with Crippen LogP contribution in [0, 0.1) is 5.92 Å². The Labute approximate surface area is 178 Å². The van der Waals surface area contributed by atoms with Gasteiger partial charge in [0.15, 0.2) is 0 Å². The molecule has 0 aliphatic carbocycles. The third-order valence-corrected chi connectivity index (χ3v) is 6.50. The monoisotopic (exact) mass is 441 g/mol. The second-order valence-electron chi connectivity index (χ2n) is 7.82. The fourth-order valence-corrected chi connectivity index (χ4v) is 4.70. The Morgan fingerprint density at radius 1 is 1.27 bits per heavy atom. The van der Waals surface area contributed by atoms with Crippen molar-refractivity contribution in [1.82, 2.24) is 9.21 Å². The van der Waals surface area contributed by atoms with E-state index in [0.29, 0.717) is 11.3 Å². The Kier molecular flexibility index (Phi) is 7.84. The first-order valence-electron chi connectivity index (χ1n) is 9.73.